The molecule has 4 aromatic rings. The van der Waals surface area contributed by atoms with Crippen LogP contribution < -0.4 is 21.9 Å². The van der Waals surface area contributed by atoms with E-state index < -0.39 is 6.04 Å². The highest BCUT2D eigenvalue weighted by Gasteiger charge is 2.30. The van der Waals surface area contributed by atoms with Crippen LogP contribution in [0.2, 0.25) is 0 Å². The van der Waals surface area contributed by atoms with E-state index in [0.29, 0.717) is 31.7 Å². The van der Waals surface area contributed by atoms with Gasteiger partial charge in [-0.15, -0.1) is 0 Å². The number of amides is 1. The molecular formula is C30H32N6O2. The largest absolute Gasteiger partial charge is 0.383 e. The standard InChI is InChI=1S/C30H32N6O2/c1-19-15-23(20(2)35-27(19)31)16-34-29(37)26-14-13-24-17-32-28(30(38)36(24)26)33-18-25(21-9-5-3-6-10-21)22-11-7-4-8-12-22/h3-12,15,17,25-26H,13-14,16,18H2,1-2H3,(H2,31,35)(H,32,33)(H,34,37)/t26-/m0/s1. The van der Waals surface area contributed by atoms with Crippen molar-refractivity contribution in [1.82, 2.24) is 19.9 Å². The number of fused-ring (bicyclic) bond motifs is 1. The molecule has 1 aliphatic heterocycles. The van der Waals surface area contributed by atoms with E-state index in [2.05, 4.69) is 44.9 Å². The Hall–Kier alpha value is -4.46. The molecule has 5 rings (SSSR count). The molecular weight excluding hydrogens is 476 g/mol. The number of nitrogens with zero attached hydrogens (tertiary/aromatic N) is 3. The maximum Gasteiger partial charge on any atom is 0.294 e. The second-order valence-corrected chi connectivity index (χ2v) is 9.74. The zero-order valence-corrected chi connectivity index (χ0v) is 21.6. The second-order valence-electron chi connectivity index (χ2n) is 9.74. The van der Waals surface area contributed by atoms with Crippen LogP contribution in [0.4, 0.5) is 11.6 Å². The van der Waals surface area contributed by atoms with Gasteiger partial charge < -0.3 is 16.4 Å². The molecule has 38 heavy (non-hydrogen) atoms. The first kappa shape index (κ1) is 25.2. The van der Waals surface area contributed by atoms with E-state index >= 15 is 0 Å². The highest BCUT2D eigenvalue weighted by Crippen LogP contribution is 2.26. The van der Waals surface area contributed by atoms with E-state index in [1.54, 1.807) is 10.8 Å². The number of hydrogen-bond acceptors (Lipinski definition) is 6. The van der Waals surface area contributed by atoms with Crippen LogP contribution in [0.1, 0.15) is 52.0 Å². The molecule has 0 aliphatic carbocycles. The number of nitrogens with one attached hydrogen (secondary N) is 2. The number of hydrogen-bond donors (Lipinski definition) is 3. The Morgan fingerprint density at radius 1 is 1.08 bits per heavy atom. The van der Waals surface area contributed by atoms with E-state index in [1.807, 2.05) is 56.3 Å². The first-order valence-corrected chi connectivity index (χ1v) is 12.9. The van der Waals surface area contributed by atoms with Gasteiger partial charge in [0.25, 0.3) is 5.56 Å². The molecule has 2 aromatic carbocycles. The Bertz CT molecular complexity index is 1460. The van der Waals surface area contributed by atoms with Crippen molar-refractivity contribution < 1.29 is 4.79 Å². The summed E-state index contributed by atoms with van der Waals surface area (Å²) in [6.45, 7) is 4.58. The fraction of sp³-hybridized carbons (Fsp3) is 0.267. The monoisotopic (exact) mass is 508 g/mol. The van der Waals surface area contributed by atoms with Crippen LogP contribution in [-0.4, -0.2) is 27.0 Å². The molecule has 0 spiro atoms. The molecule has 8 nitrogen and oxygen atoms in total. The van der Waals surface area contributed by atoms with Gasteiger partial charge in [0.15, 0.2) is 5.82 Å². The first-order valence-electron chi connectivity index (χ1n) is 12.9. The van der Waals surface area contributed by atoms with E-state index in [1.165, 1.54) is 0 Å². The molecule has 194 valence electrons. The summed E-state index contributed by atoms with van der Waals surface area (Å²) in [5, 5.41) is 6.27. The third-order valence-electron chi connectivity index (χ3n) is 7.24. The number of pyridine rings is 1. The van der Waals surface area contributed by atoms with Gasteiger partial charge in [-0.3, -0.25) is 14.2 Å². The number of nitrogen functional groups attached to an aromatic ring is 1. The van der Waals surface area contributed by atoms with E-state index in [4.69, 9.17) is 5.73 Å². The molecule has 1 amide bonds. The van der Waals surface area contributed by atoms with Gasteiger partial charge >= 0.3 is 0 Å². The van der Waals surface area contributed by atoms with Crippen molar-refractivity contribution in [2.24, 2.45) is 0 Å². The maximum atomic E-state index is 13.5. The highest BCUT2D eigenvalue weighted by molar-refractivity contribution is 5.81. The lowest BCUT2D eigenvalue weighted by molar-refractivity contribution is -0.124. The lowest BCUT2D eigenvalue weighted by atomic mass is 9.91. The Morgan fingerprint density at radius 3 is 2.39 bits per heavy atom. The van der Waals surface area contributed by atoms with Crippen LogP contribution in [0.15, 0.2) is 77.7 Å². The van der Waals surface area contributed by atoms with Crippen LogP contribution in [0.3, 0.4) is 0 Å². The fourth-order valence-electron chi connectivity index (χ4n) is 5.07. The number of rotatable bonds is 8. The third kappa shape index (κ3) is 5.16. The van der Waals surface area contributed by atoms with Crippen LogP contribution in [0, 0.1) is 13.8 Å². The molecule has 0 radical (unpaired) electrons. The van der Waals surface area contributed by atoms with Gasteiger partial charge in [0, 0.05) is 36.6 Å². The van der Waals surface area contributed by atoms with Gasteiger partial charge in [-0.1, -0.05) is 60.7 Å². The molecule has 4 N–H and O–H groups in total. The smallest absolute Gasteiger partial charge is 0.294 e. The van der Waals surface area contributed by atoms with E-state index in [0.717, 1.165) is 33.6 Å². The zero-order chi connectivity index (χ0) is 26.6. The zero-order valence-electron chi connectivity index (χ0n) is 21.6. The SMILES string of the molecule is Cc1cc(CNC(=O)[C@@H]2CCc3cnc(NCC(c4ccccc4)c4ccccc4)c(=O)n32)c(C)nc1N. The average molecular weight is 509 g/mol. The minimum absolute atomic E-state index is 0.0381. The van der Waals surface area contributed by atoms with Gasteiger partial charge in [-0.2, -0.15) is 0 Å². The summed E-state index contributed by atoms with van der Waals surface area (Å²) in [6, 6.07) is 21.7. The van der Waals surface area contributed by atoms with E-state index in [-0.39, 0.29) is 23.2 Å². The minimum Gasteiger partial charge on any atom is -0.383 e. The van der Waals surface area contributed by atoms with Gasteiger partial charge in [0.1, 0.15) is 11.9 Å². The second kappa shape index (κ2) is 10.9. The molecule has 0 unspecified atom stereocenters. The predicted molar refractivity (Wildman–Crippen MR) is 149 cm³/mol. The fourth-order valence-corrected chi connectivity index (χ4v) is 5.07. The molecule has 0 saturated carbocycles. The summed E-state index contributed by atoms with van der Waals surface area (Å²) < 4.78 is 1.59. The first-order chi connectivity index (χ1) is 18.4. The lowest BCUT2D eigenvalue weighted by Crippen LogP contribution is -2.36. The Kier molecular flexibility index (Phi) is 7.22. The number of aryl methyl sites for hydroxylation is 3. The molecule has 0 saturated heterocycles. The summed E-state index contributed by atoms with van der Waals surface area (Å²) in [6.07, 6.45) is 2.88. The van der Waals surface area contributed by atoms with E-state index in [9.17, 15) is 9.59 Å². The molecule has 3 heterocycles. The van der Waals surface area contributed by atoms with Gasteiger partial charge in [0.2, 0.25) is 5.91 Å². The van der Waals surface area contributed by atoms with Crippen LogP contribution in [0.25, 0.3) is 0 Å². The normalized spacial score (nSPS) is 14.3. The van der Waals surface area contributed by atoms with Crippen LogP contribution in [0.5, 0.6) is 0 Å². The van der Waals surface area contributed by atoms with Crippen molar-refractivity contribution in [3.8, 4) is 0 Å². The van der Waals surface area contributed by atoms with Gasteiger partial charge in [0.05, 0.1) is 0 Å². The topological polar surface area (TPSA) is 115 Å². The minimum atomic E-state index is -0.580. The molecule has 0 fully saturated rings. The predicted octanol–water partition coefficient (Wildman–Crippen LogP) is 3.89. The number of benzene rings is 2. The summed E-state index contributed by atoms with van der Waals surface area (Å²) in [5.74, 6) is 0.585. The lowest BCUT2D eigenvalue weighted by Gasteiger charge is -2.20. The van der Waals surface area contributed by atoms with Crippen LogP contribution >= 0.6 is 0 Å². The Balaban J connectivity index is 1.34. The number of nitrogens with two attached hydrogens (primary N) is 1. The number of carbonyl (C=O) groups excluding carboxylic acids is 1. The van der Waals surface area contributed by atoms with Crippen LogP contribution in [-0.2, 0) is 17.8 Å². The highest BCUT2D eigenvalue weighted by atomic mass is 16.2. The molecule has 1 atom stereocenters. The van der Waals surface area contributed by atoms with Crippen molar-refractivity contribution >= 4 is 17.5 Å². The van der Waals surface area contributed by atoms with Crippen molar-refractivity contribution in [2.45, 2.75) is 45.2 Å². The Labute approximate surface area is 222 Å². The summed E-state index contributed by atoms with van der Waals surface area (Å²) >= 11 is 0. The van der Waals surface area contributed by atoms with Crippen molar-refractivity contribution in [3.05, 3.63) is 117 Å². The third-order valence-corrected chi connectivity index (χ3v) is 7.24. The summed E-state index contributed by atoms with van der Waals surface area (Å²) in [4.78, 5) is 35.5. The number of carbonyl (C=O) groups is 1. The maximum absolute atomic E-state index is 13.5. The van der Waals surface area contributed by atoms with Crippen molar-refractivity contribution in [3.63, 3.8) is 0 Å². The van der Waals surface area contributed by atoms with Gasteiger partial charge in [-0.25, -0.2) is 9.97 Å². The summed E-state index contributed by atoms with van der Waals surface area (Å²) in [7, 11) is 0. The van der Waals surface area contributed by atoms with Crippen molar-refractivity contribution in [1.29, 1.82) is 0 Å². The molecule has 0 bridgehead atoms. The Morgan fingerprint density at radius 2 is 1.74 bits per heavy atom. The number of aromatic nitrogens is 3. The molecule has 1 aliphatic rings. The average Bonchev–Trinajstić information content (AvgIpc) is 3.37. The molecule has 2 aromatic heterocycles. The quantitative estimate of drug-likeness (QED) is 0.333. The molecule has 8 heteroatoms. The summed E-state index contributed by atoms with van der Waals surface area (Å²) in [5.41, 5.74) is 11.2. The van der Waals surface area contributed by atoms with Gasteiger partial charge in [-0.05, 0) is 55.0 Å². The number of anilines is 2. The van der Waals surface area contributed by atoms with Crippen molar-refractivity contribution in [2.75, 3.05) is 17.6 Å².